The van der Waals surface area contributed by atoms with Gasteiger partial charge in [-0.3, -0.25) is 4.79 Å². The second-order valence-corrected chi connectivity index (χ2v) is 7.45. The minimum Gasteiger partial charge on any atom is -0.342 e. The van der Waals surface area contributed by atoms with Gasteiger partial charge in [-0.05, 0) is 37.0 Å². The molecule has 27 heavy (non-hydrogen) atoms. The number of nitrogens with zero attached hydrogens (tertiary/aromatic N) is 3. The van der Waals surface area contributed by atoms with Gasteiger partial charge in [-0.1, -0.05) is 24.9 Å². The van der Waals surface area contributed by atoms with Crippen LogP contribution in [0.5, 0.6) is 0 Å². The standard InChI is InChI=1S/C20H24ClF2N3O/c1-2-3-7-25-9-6-24-20(25)14-5-4-8-26(13-14)19(27)11-15-10-17(22)18(23)12-16(15)21/h6,9-10,12,14H,2-5,7-8,11,13H2,1H3/t14-/m0/s1. The third kappa shape index (κ3) is 4.67. The molecular weight excluding hydrogens is 372 g/mol. The van der Waals surface area contributed by atoms with Crippen LogP contribution in [0.15, 0.2) is 24.5 Å². The number of aryl methyl sites for hydroxylation is 1. The van der Waals surface area contributed by atoms with Crippen LogP contribution in [0.25, 0.3) is 0 Å². The Hall–Kier alpha value is -1.95. The van der Waals surface area contributed by atoms with Gasteiger partial charge in [0.15, 0.2) is 11.6 Å². The molecule has 0 saturated carbocycles. The summed E-state index contributed by atoms with van der Waals surface area (Å²) in [6, 6.07) is 1.93. The zero-order valence-corrected chi connectivity index (χ0v) is 16.2. The maximum atomic E-state index is 13.5. The van der Waals surface area contributed by atoms with Crippen molar-refractivity contribution in [1.29, 1.82) is 0 Å². The number of hydrogen-bond donors (Lipinski definition) is 0. The van der Waals surface area contributed by atoms with E-state index in [1.165, 1.54) is 0 Å². The number of piperidine rings is 1. The van der Waals surface area contributed by atoms with E-state index in [1.54, 1.807) is 4.90 Å². The zero-order valence-electron chi connectivity index (χ0n) is 15.4. The Kier molecular flexibility index (Phi) is 6.47. The van der Waals surface area contributed by atoms with Gasteiger partial charge in [0, 0.05) is 43.0 Å². The van der Waals surface area contributed by atoms with Crippen molar-refractivity contribution in [2.75, 3.05) is 13.1 Å². The molecule has 2 aromatic rings. The van der Waals surface area contributed by atoms with Crippen molar-refractivity contribution < 1.29 is 13.6 Å². The molecule has 1 saturated heterocycles. The van der Waals surface area contributed by atoms with E-state index >= 15 is 0 Å². The Morgan fingerprint density at radius 1 is 1.33 bits per heavy atom. The maximum absolute atomic E-state index is 13.5. The topological polar surface area (TPSA) is 38.1 Å². The van der Waals surface area contributed by atoms with Gasteiger partial charge in [0.2, 0.25) is 5.91 Å². The smallest absolute Gasteiger partial charge is 0.227 e. The monoisotopic (exact) mass is 395 g/mol. The number of halogens is 3. The molecular formula is C20H24ClF2N3O. The Balaban J connectivity index is 1.68. The molecule has 3 rings (SSSR count). The van der Waals surface area contributed by atoms with Gasteiger partial charge in [-0.15, -0.1) is 0 Å². The first-order valence-electron chi connectivity index (χ1n) is 9.41. The summed E-state index contributed by atoms with van der Waals surface area (Å²) >= 11 is 5.97. The quantitative estimate of drug-likeness (QED) is 0.672. The molecule has 1 aromatic heterocycles. The maximum Gasteiger partial charge on any atom is 0.227 e. The number of unbranched alkanes of at least 4 members (excludes halogenated alkanes) is 1. The lowest BCUT2D eigenvalue weighted by Crippen LogP contribution is -2.40. The average Bonchev–Trinajstić information content (AvgIpc) is 3.13. The lowest BCUT2D eigenvalue weighted by atomic mass is 9.96. The van der Waals surface area contributed by atoms with Crippen LogP contribution in [0.3, 0.4) is 0 Å². The predicted octanol–water partition coefficient (Wildman–Crippen LogP) is 4.56. The second kappa shape index (κ2) is 8.83. The minimum absolute atomic E-state index is 0.0347. The third-order valence-electron chi connectivity index (χ3n) is 5.07. The number of hydrogen-bond acceptors (Lipinski definition) is 2. The van der Waals surface area contributed by atoms with Crippen molar-refractivity contribution >= 4 is 17.5 Å². The van der Waals surface area contributed by atoms with E-state index in [9.17, 15) is 13.6 Å². The van der Waals surface area contributed by atoms with Gasteiger partial charge in [0.25, 0.3) is 0 Å². The molecule has 0 N–H and O–H groups in total. The lowest BCUT2D eigenvalue weighted by Gasteiger charge is -2.33. The Labute approximate surface area is 163 Å². The van der Waals surface area contributed by atoms with Gasteiger partial charge in [0.05, 0.1) is 6.42 Å². The van der Waals surface area contributed by atoms with Crippen molar-refractivity contribution in [2.45, 2.75) is 51.5 Å². The predicted molar refractivity (Wildman–Crippen MR) is 101 cm³/mol. The van der Waals surface area contributed by atoms with E-state index < -0.39 is 11.6 Å². The summed E-state index contributed by atoms with van der Waals surface area (Å²) in [6.45, 7) is 4.33. The summed E-state index contributed by atoms with van der Waals surface area (Å²) in [5.41, 5.74) is 0.312. The van der Waals surface area contributed by atoms with Crippen LogP contribution >= 0.6 is 11.6 Å². The molecule has 1 aromatic carbocycles. The van der Waals surface area contributed by atoms with Crippen LogP contribution in [0, 0.1) is 11.6 Å². The highest BCUT2D eigenvalue weighted by molar-refractivity contribution is 6.31. The molecule has 1 amide bonds. The van der Waals surface area contributed by atoms with Gasteiger partial charge >= 0.3 is 0 Å². The van der Waals surface area contributed by atoms with Crippen molar-refractivity contribution in [3.63, 3.8) is 0 Å². The fraction of sp³-hybridized carbons (Fsp3) is 0.500. The zero-order chi connectivity index (χ0) is 19.4. The van der Waals surface area contributed by atoms with Crippen LogP contribution in [0.1, 0.15) is 49.9 Å². The summed E-state index contributed by atoms with van der Waals surface area (Å²) in [7, 11) is 0. The lowest BCUT2D eigenvalue weighted by molar-refractivity contribution is -0.131. The molecule has 1 aliphatic rings. The third-order valence-corrected chi connectivity index (χ3v) is 5.42. The summed E-state index contributed by atoms with van der Waals surface area (Å²) < 4.78 is 28.9. The Morgan fingerprint density at radius 3 is 2.89 bits per heavy atom. The van der Waals surface area contributed by atoms with Crippen LogP contribution in [-0.2, 0) is 17.8 Å². The van der Waals surface area contributed by atoms with Crippen LogP contribution < -0.4 is 0 Å². The molecule has 0 bridgehead atoms. The highest BCUT2D eigenvalue weighted by atomic mass is 35.5. The molecule has 0 aliphatic carbocycles. The summed E-state index contributed by atoms with van der Waals surface area (Å²) in [5, 5.41) is 0.0749. The Morgan fingerprint density at radius 2 is 2.11 bits per heavy atom. The molecule has 2 heterocycles. The van der Waals surface area contributed by atoms with Crippen LogP contribution in [0.2, 0.25) is 5.02 Å². The SMILES string of the molecule is CCCCn1ccnc1[C@H]1CCCN(C(=O)Cc2cc(F)c(F)cc2Cl)C1. The number of rotatable bonds is 6. The van der Waals surface area contributed by atoms with E-state index in [0.717, 1.165) is 50.2 Å². The summed E-state index contributed by atoms with van der Waals surface area (Å²) in [4.78, 5) is 19.0. The van der Waals surface area contributed by atoms with Crippen molar-refractivity contribution in [1.82, 2.24) is 14.5 Å². The van der Waals surface area contributed by atoms with Crippen molar-refractivity contribution in [2.24, 2.45) is 0 Å². The van der Waals surface area contributed by atoms with E-state index in [0.29, 0.717) is 18.7 Å². The molecule has 1 aliphatic heterocycles. The number of benzene rings is 1. The van der Waals surface area contributed by atoms with E-state index in [4.69, 9.17) is 11.6 Å². The fourth-order valence-corrected chi connectivity index (χ4v) is 3.80. The molecule has 0 unspecified atom stereocenters. The normalized spacial score (nSPS) is 17.3. The molecule has 0 radical (unpaired) electrons. The van der Waals surface area contributed by atoms with E-state index in [2.05, 4.69) is 16.5 Å². The summed E-state index contributed by atoms with van der Waals surface area (Å²) in [5.74, 6) is -0.911. The highest BCUT2D eigenvalue weighted by Gasteiger charge is 2.27. The number of aromatic nitrogens is 2. The number of likely N-dealkylation sites (tertiary alicyclic amines) is 1. The molecule has 7 heteroatoms. The van der Waals surface area contributed by atoms with Gasteiger partial charge in [-0.2, -0.15) is 0 Å². The molecule has 4 nitrogen and oxygen atoms in total. The minimum atomic E-state index is -1.01. The fourth-order valence-electron chi connectivity index (χ4n) is 3.59. The van der Waals surface area contributed by atoms with Gasteiger partial charge < -0.3 is 9.47 Å². The summed E-state index contributed by atoms with van der Waals surface area (Å²) in [6.07, 6.45) is 7.85. The number of carbonyl (C=O) groups excluding carboxylic acids is 1. The van der Waals surface area contributed by atoms with Crippen LogP contribution in [-0.4, -0.2) is 33.4 Å². The molecule has 1 fully saturated rings. The largest absolute Gasteiger partial charge is 0.342 e. The highest BCUT2D eigenvalue weighted by Crippen LogP contribution is 2.27. The van der Waals surface area contributed by atoms with E-state index in [-0.39, 0.29) is 23.3 Å². The number of imidazole rings is 1. The molecule has 0 spiro atoms. The number of carbonyl (C=O) groups is 1. The first kappa shape index (κ1) is 19.8. The Bertz CT molecular complexity index is 809. The average molecular weight is 396 g/mol. The van der Waals surface area contributed by atoms with Crippen molar-refractivity contribution in [3.05, 3.63) is 52.6 Å². The van der Waals surface area contributed by atoms with Gasteiger partial charge in [0.1, 0.15) is 5.82 Å². The molecule has 146 valence electrons. The van der Waals surface area contributed by atoms with Crippen molar-refractivity contribution in [3.8, 4) is 0 Å². The number of amides is 1. The first-order chi connectivity index (χ1) is 13.0. The van der Waals surface area contributed by atoms with Gasteiger partial charge in [-0.25, -0.2) is 13.8 Å². The molecule has 1 atom stereocenters. The second-order valence-electron chi connectivity index (χ2n) is 7.05. The van der Waals surface area contributed by atoms with E-state index in [1.807, 2.05) is 12.4 Å². The first-order valence-corrected chi connectivity index (χ1v) is 9.79. The van der Waals surface area contributed by atoms with Crippen LogP contribution in [0.4, 0.5) is 8.78 Å².